The summed E-state index contributed by atoms with van der Waals surface area (Å²) in [6, 6.07) is 9.48. The van der Waals surface area contributed by atoms with Crippen molar-refractivity contribution < 1.29 is 18.9 Å². The quantitative estimate of drug-likeness (QED) is 0.342. The molecule has 0 aliphatic carbocycles. The molecule has 2 heterocycles. The number of hydrogen-bond acceptors (Lipinski definition) is 7. The van der Waals surface area contributed by atoms with E-state index >= 15 is 0 Å². The summed E-state index contributed by atoms with van der Waals surface area (Å²) in [5.41, 5.74) is 0.145. The van der Waals surface area contributed by atoms with Crippen LogP contribution in [0.2, 0.25) is 0 Å². The molecule has 1 atom stereocenters. The van der Waals surface area contributed by atoms with Gasteiger partial charge in [0.1, 0.15) is 11.6 Å². The molecule has 4 N–H and O–H groups in total. The van der Waals surface area contributed by atoms with Crippen LogP contribution in [-0.2, 0) is 9.59 Å². The van der Waals surface area contributed by atoms with Crippen LogP contribution >= 0.6 is 0 Å². The molecule has 0 bridgehead atoms. The highest BCUT2D eigenvalue weighted by Gasteiger charge is 2.35. The van der Waals surface area contributed by atoms with Crippen molar-refractivity contribution >= 4 is 40.6 Å². The van der Waals surface area contributed by atoms with Crippen molar-refractivity contribution in [2.75, 3.05) is 16.0 Å². The van der Waals surface area contributed by atoms with Gasteiger partial charge < -0.3 is 16.0 Å². The lowest BCUT2D eigenvalue weighted by Gasteiger charge is -2.23. The van der Waals surface area contributed by atoms with E-state index in [4.69, 9.17) is 0 Å². The van der Waals surface area contributed by atoms with Crippen LogP contribution in [0, 0.1) is 22.9 Å². The van der Waals surface area contributed by atoms with Gasteiger partial charge >= 0.3 is 0 Å². The molecule has 1 aliphatic heterocycles. The molecule has 0 unspecified atom stereocenters. The number of nitrogens with zero attached hydrogens (tertiary/aromatic N) is 2. The maximum Gasteiger partial charge on any atom is 0.274 e. The van der Waals surface area contributed by atoms with Gasteiger partial charge in [-0.25, -0.2) is 4.39 Å². The molecule has 12 heteroatoms. The lowest BCUT2D eigenvalue weighted by atomic mass is 9.92. The molecule has 33 heavy (non-hydrogen) atoms. The number of anilines is 4. The Morgan fingerprint density at radius 3 is 2.58 bits per heavy atom. The maximum atomic E-state index is 13.1. The molecule has 2 amide bonds. The number of amides is 2. The molecule has 0 radical (unpaired) electrons. The molecule has 4 rings (SSSR count). The molecule has 2 aromatic carbocycles. The number of nitro benzene ring substituents is 1. The van der Waals surface area contributed by atoms with Gasteiger partial charge in [0.25, 0.3) is 11.2 Å². The summed E-state index contributed by atoms with van der Waals surface area (Å²) in [6.45, 7) is 1.56. The Morgan fingerprint density at radius 2 is 1.88 bits per heavy atom. The first kappa shape index (κ1) is 21.6. The van der Waals surface area contributed by atoms with Gasteiger partial charge in [0.2, 0.25) is 17.8 Å². The summed E-state index contributed by atoms with van der Waals surface area (Å²) in [5, 5.41) is 19.0. The van der Waals surface area contributed by atoms with Crippen LogP contribution in [-0.4, -0.2) is 26.7 Å². The van der Waals surface area contributed by atoms with Crippen molar-refractivity contribution in [3.63, 3.8) is 0 Å². The standard InChI is InChI=1S/C21H17FN6O5/c1-10-2-5-13(8-15(10)28(32)33)23-19(30)14-9-16(29)25-18-17(14)20(31)27-21(26-18)24-12-6-3-11(22)4-7-12/h2-8,14H,9H2,1H3,(H,23,30)(H3,24,25,26,27,29,31)/t14-/m1/s1. The monoisotopic (exact) mass is 452 g/mol. The van der Waals surface area contributed by atoms with Crippen LogP contribution in [0.1, 0.15) is 23.5 Å². The van der Waals surface area contributed by atoms with E-state index in [2.05, 4.69) is 25.9 Å². The van der Waals surface area contributed by atoms with E-state index in [1.54, 1.807) is 6.92 Å². The molecule has 0 spiro atoms. The fourth-order valence-electron chi connectivity index (χ4n) is 3.44. The van der Waals surface area contributed by atoms with Crippen LogP contribution < -0.4 is 21.5 Å². The zero-order chi connectivity index (χ0) is 23.7. The summed E-state index contributed by atoms with van der Waals surface area (Å²) in [5.74, 6) is -2.91. The van der Waals surface area contributed by atoms with Crippen molar-refractivity contribution in [2.45, 2.75) is 19.3 Å². The fraction of sp³-hybridized carbons (Fsp3) is 0.143. The minimum atomic E-state index is -1.16. The molecule has 1 aromatic heterocycles. The number of carbonyl (C=O) groups is 2. The van der Waals surface area contributed by atoms with E-state index < -0.39 is 34.0 Å². The first-order chi connectivity index (χ1) is 15.7. The normalized spacial score (nSPS) is 14.7. The van der Waals surface area contributed by atoms with Crippen molar-refractivity contribution in [3.8, 4) is 0 Å². The molecular formula is C21H17FN6O5. The number of fused-ring (bicyclic) bond motifs is 1. The third kappa shape index (κ3) is 4.54. The first-order valence-electron chi connectivity index (χ1n) is 9.74. The zero-order valence-corrected chi connectivity index (χ0v) is 17.1. The highest BCUT2D eigenvalue weighted by Crippen LogP contribution is 2.31. The average Bonchev–Trinajstić information content (AvgIpc) is 2.75. The van der Waals surface area contributed by atoms with Gasteiger partial charge in [0, 0.05) is 29.4 Å². The van der Waals surface area contributed by atoms with Gasteiger partial charge in [0.05, 0.1) is 16.4 Å². The zero-order valence-electron chi connectivity index (χ0n) is 17.1. The smallest absolute Gasteiger partial charge is 0.274 e. The average molecular weight is 452 g/mol. The van der Waals surface area contributed by atoms with Crippen molar-refractivity contribution in [1.29, 1.82) is 0 Å². The van der Waals surface area contributed by atoms with Crippen molar-refractivity contribution in [2.24, 2.45) is 0 Å². The topological polar surface area (TPSA) is 159 Å². The maximum absolute atomic E-state index is 13.1. The SMILES string of the molecule is Cc1ccc(NC(=O)[C@@H]2CC(=O)Nc3nc(Nc4ccc(F)cc4)[nH]c(=O)c32)cc1[N+](=O)[O-]. The van der Waals surface area contributed by atoms with E-state index in [1.807, 2.05) is 0 Å². The first-order valence-corrected chi connectivity index (χ1v) is 9.74. The van der Waals surface area contributed by atoms with Gasteiger partial charge in [0.15, 0.2) is 0 Å². The molecule has 0 saturated heterocycles. The third-order valence-corrected chi connectivity index (χ3v) is 5.05. The van der Waals surface area contributed by atoms with Crippen molar-refractivity contribution in [1.82, 2.24) is 9.97 Å². The highest BCUT2D eigenvalue weighted by atomic mass is 19.1. The number of carbonyl (C=O) groups excluding carboxylic acids is 2. The van der Waals surface area contributed by atoms with Gasteiger partial charge in [-0.1, -0.05) is 6.07 Å². The number of halogens is 1. The number of aryl methyl sites for hydroxylation is 1. The number of hydrogen-bond donors (Lipinski definition) is 4. The van der Waals surface area contributed by atoms with Crippen molar-refractivity contribution in [3.05, 3.63) is 79.9 Å². The fourth-order valence-corrected chi connectivity index (χ4v) is 3.44. The second-order valence-electron chi connectivity index (χ2n) is 7.36. The van der Waals surface area contributed by atoms with E-state index in [9.17, 15) is 28.9 Å². The largest absolute Gasteiger partial charge is 0.326 e. The summed E-state index contributed by atoms with van der Waals surface area (Å²) >= 11 is 0. The number of benzene rings is 2. The lowest BCUT2D eigenvalue weighted by Crippen LogP contribution is -2.36. The van der Waals surface area contributed by atoms with E-state index in [-0.39, 0.29) is 35.1 Å². The number of aromatic nitrogens is 2. The Hall–Kier alpha value is -4.61. The second kappa shape index (κ2) is 8.49. The molecule has 11 nitrogen and oxygen atoms in total. The van der Waals surface area contributed by atoms with E-state index in [0.29, 0.717) is 11.3 Å². The molecule has 0 saturated carbocycles. The Labute approximate surface area is 185 Å². The Morgan fingerprint density at radius 1 is 1.18 bits per heavy atom. The van der Waals surface area contributed by atoms with Crippen LogP contribution in [0.5, 0.6) is 0 Å². The minimum Gasteiger partial charge on any atom is -0.326 e. The Kier molecular flexibility index (Phi) is 5.56. The number of nitro groups is 1. The van der Waals surface area contributed by atoms with E-state index in [1.165, 1.54) is 42.5 Å². The summed E-state index contributed by atoms with van der Waals surface area (Å²) in [6.07, 6.45) is -0.303. The molecule has 0 fully saturated rings. The second-order valence-corrected chi connectivity index (χ2v) is 7.36. The molecule has 1 aliphatic rings. The van der Waals surface area contributed by atoms with Crippen LogP contribution in [0.15, 0.2) is 47.3 Å². The Balaban J connectivity index is 1.63. The third-order valence-electron chi connectivity index (χ3n) is 5.05. The summed E-state index contributed by atoms with van der Waals surface area (Å²) < 4.78 is 13.1. The molecule has 3 aromatic rings. The van der Waals surface area contributed by atoms with E-state index in [0.717, 1.165) is 0 Å². The summed E-state index contributed by atoms with van der Waals surface area (Å²) in [7, 11) is 0. The van der Waals surface area contributed by atoms with Crippen LogP contribution in [0.3, 0.4) is 0 Å². The number of H-pyrrole nitrogens is 1. The van der Waals surface area contributed by atoms with Gasteiger partial charge in [-0.15, -0.1) is 0 Å². The number of rotatable bonds is 5. The number of aromatic amines is 1. The van der Waals surface area contributed by atoms with Crippen LogP contribution in [0.4, 0.5) is 33.2 Å². The van der Waals surface area contributed by atoms with Crippen LogP contribution in [0.25, 0.3) is 0 Å². The summed E-state index contributed by atoms with van der Waals surface area (Å²) in [4.78, 5) is 55.1. The number of nitrogens with one attached hydrogen (secondary N) is 4. The Bertz CT molecular complexity index is 1340. The predicted molar refractivity (Wildman–Crippen MR) is 117 cm³/mol. The minimum absolute atomic E-state index is 0.0131. The predicted octanol–water partition coefficient (Wildman–Crippen LogP) is 2.93. The van der Waals surface area contributed by atoms with Gasteiger partial charge in [-0.3, -0.25) is 29.5 Å². The molecule has 168 valence electrons. The molecular weight excluding hydrogens is 435 g/mol. The van der Waals surface area contributed by atoms with Gasteiger partial charge in [-0.05, 0) is 37.3 Å². The van der Waals surface area contributed by atoms with Gasteiger partial charge in [-0.2, -0.15) is 4.98 Å². The highest BCUT2D eigenvalue weighted by molar-refractivity contribution is 6.04. The lowest BCUT2D eigenvalue weighted by molar-refractivity contribution is -0.385.